The van der Waals surface area contributed by atoms with E-state index in [9.17, 15) is 4.79 Å². The lowest BCUT2D eigenvalue weighted by Crippen LogP contribution is -2.45. The number of hydrogen-bond donors (Lipinski definition) is 0. The van der Waals surface area contributed by atoms with Gasteiger partial charge in [0.1, 0.15) is 17.1 Å². The van der Waals surface area contributed by atoms with Gasteiger partial charge in [-0.3, -0.25) is 9.69 Å². The molecule has 1 aliphatic heterocycles. The van der Waals surface area contributed by atoms with Gasteiger partial charge in [-0.1, -0.05) is 0 Å². The smallest absolute Gasteiger partial charge is 0.234 e. The van der Waals surface area contributed by atoms with E-state index in [4.69, 9.17) is 4.42 Å². The van der Waals surface area contributed by atoms with E-state index in [1.165, 1.54) is 11.3 Å². The molecule has 0 aromatic carbocycles. The number of furan rings is 1. The Morgan fingerprint density at radius 1 is 1.38 bits per heavy atom. The molecular formula is C17H18N4O2S. The Hall–Kier alpha value is -2.41. The Morgan fingerprint density at radius 3 is 3.04 bits per heavy atom. The fraction of sp³-hybridized carbons (Fsp3) is 0.353. The maximum Gasteiger partial charge on any atom is 0.234 e. The van der Waals surface area contributed by atoms with Gasteiger partial charge in [-0.15, -0.1) is 11.3 Å². The zero-order valence-corrected chi connectivity index (χ0v) is 14.4. The fourth-order valence-electron chi connectivity index (χ4n) is 3.28. The Kier molecular flexibility index (Phi) is 3.72. The average molecular weight is 342 g/mol. The van der Waals surface area contributed by atoms with Gasteiger partial charge in [0.25, 0.3) is 0 Å². The third-order valence-corrected chi connectivity index (χ3v) is 5.30. The van der Waals surface area contributed by atoms with Crippen molar-refractivity contribution in [2.45, 2.75) is 38.8 Å². The summed E-state index contributed by atoms with van der Waals surface area (Å²) in [5.41, 5.74) is 1.73. The first-order valence-corrected chi connectivity index (χ1v) is 8.84. The molecule has 0 fully saturated rings. The summed E-state index contributed by atoms with van der Waals surface area (Å²) in [6.07, 6.45) is 6.23. The molecule has 1 amide bonds. The highest BCUT2D eigenvalue weighted by atomic mass is 32.1. The average Bonchev–Trinajstić information content (AvgIpc) is 3.28. The second kappa shape index (κ2) is 5.90. The van der Waals surface area contributed by atoms with E-state index in [1.54, 1.807) is 18.7 Å². The van der Waals surface area contributed by atoms with Crippen LogP contribution in [-0.2, 0) is 11.2 Å². The number of hydrogen-bond acceptors (Lipinski definition) is 5. The molecule has 0 aliphatic carbocycles. The third-order valence-electron chi connectivity index (χ3n) is 4.36. The van der Waals surface area contributed by atoms with Crippen molar-refractivity contribution in [3.63, 3.8) is 0 Å². The molecule has 24 heavy (non-hydrogen) atoms. The second-order valence-corrected chi connectivity index (χ2v) is 7.02. The molecule has 124 valence electrons. The van der Waals surface area contributed by atoms with Crippen LogP contribution in [0.15, 0.2) is 40.7 Å². The molecule has 2 atom stereocenters. The van der Waals surface area contributed by atoms with Crippen molar-refractivity contribution in [2.24, 2.45) is 0 Å². The number of carbonyl (C=O) groups is 1. The summed E-state index contributed by atoms with van der Waals surface area (Å²) in [6.45, 7) is 4.22. The van der Waals surface area contributed by atoms with Crippen molar-refractivity contribution in [1.29, 1.82) is 0 Å². The number of amides is 1. The van der Waals surface area contributed by atoms with E-state index in [0.717, 1.165) is 28.5 Å². The molecular weight excluding hydrogens is 324 g/mol. The van der Waals surface area contributed by atoms with Crippen LogP contribution in [0.4, 0.5) is 5.82 Å². The first kappa shape index (κ1) is 15.1. The largest absolute Gasteiger partial charge is 0.472 e. The number of rotatable bonds is 3. The molecule has 6 nitrogen and oxygen atoms in total. The molecule has 0 spiro atoms. The molecule has 0 N–H and O–H groups in total. The number of carbonyl (C=O) groups excluding carboxylic acids is 1. The SMILES string of the molecule is C[C@H]1C[C@H](C)n2nccc2N1C(=O)Cc1csc(-c2ccoc2)n1. The van der Waals surface area contributed by atoms with Gasteiger partial charge in [-0.05, 0) is 26.3 Å². The van der Waals surface area contributed by atoms with Crippen LogP contribution >= 0.6 is 11.3 Å². The minimum atomic E-state index is 0.0557. The highest BCUT2D eigenvalue weighted by Crippen LogP contribution is 2.32. The summed E-state index contributed by atoms with van der Waals surface area (Å²) < 4.78 is 7.02. The molecule has 4 rings (SSSR count). The molecule has 0 unspecified atom stereocenters. The third kappa shape index (κ3) is 2.54. The van der Waals surface area contributed by atoms with Gasteiger partial charge in [-0.25, -0.2) is 9.67 Å². The zero-order chi connectivity index (χ0) is 16.7. The predicted octanol–water partition coefficient (Wildman–Crippen LogP) is 3.53. The molecule has 0 saturated carbocycles. The molecule has 1 aliphatic rings. The van der Waals surface area contributed by atoms with Gasteiger partial charge < -0.3 is 4.42 Å². The Morgan fingerprint density at radius 2 is 2.25 bits per heavy atom. The van der Waals surface area contributed by atoms with Crippen LogP contribution in [0.1, 0.15) is 32.0 Å². The molecule has 7 heteroatoms. The van der Waals surface area contributed by atoms with Crippen molar-refractivity contribution in [2.75, 3.05) is 4.90 Å². The Labute approximate surface area is 143 Å². The van der Waals surface area contributed by atoms with Crippen LogP contribution in [0.25, 0.3) is 10.6 Å². The van der Waals surface area contributed by atoms with Crippen LogP contribution in [0, 0.1) is 0 Å². The number of thiazole rings is 1. The van der Waals surface area contributed by atoms with Crippen molar-refractivity contribution in [3.8, 4) is 10.6 Å². The lowest BCUT2D eigenvalue weighted by molar-refractivity contribution is -0.118. The molecule has 0 saturated heterocycles. The number of anilines is 1. The highest BCUT2D eigenvalue weighted by molar-refractivity contribution is 7.13. The molecule has 4 heterocycles. The van der Waals surface area contributed by atoms with Crippen molar-refractivity contribution < 1.29 is 9.21 Å². The molecule has 3 aromatic rings. The van der Waals surface area contributed by atoms with E-state index in [-0.39, 0.29) is 18.4 Å². The van der Waals surface area contributed by atoms with Crippen LogP contribution in [0.3, 0.4) is 0 Å². The monoisotopic (exact) mass is 342 g/mol. The predicted molar refractivity (Wildman–Crippen MR) is 92.0 cm³/mol. The highest BCUT2D eigenvalue weighted by Gasteiger charge is 2.32. The summed E-state index contributed by atoms with van der Waals surface area (Å²) in [7, 11) is 0. The van der Waals surface area contributed by atoms with Crippen LogP contribution < -0.4 is 4.90 Å². The quantitative estimate of drug-likeness (QED) is 0.730. The number of aromatic nitrogens is 3. The molecule has 0 bridgehead atoms. The van der Waals surface area contributed by atoms with E-state index in [0.29, 0.717) is 6.04 Å². The van der Waals surface area contributed by atoms with E-state index >= 15 is 0 Å². The maximum atomic E-state index is 12.9. The van der Waals surface area contributed by atoms with E-state index in [2.05, 4.69) is 23.9 Å². The van der Waals surface area contributed by atoms with Crippen molar-refractivity contribution >= 4 is 23.1 Å². The van der Waals surface area contributed by atoms with Gasteiger partial charge in [0.2, 0.25) is 5.91 Å². The minimum Gasteiger partial charge on any atom is -0.472 e. The van der Waals surface area contributed by atoms with Gasteiger partial charge in [0, 0.05) is 23.1 Å². The summed E-state index contributed by atoms with van der Waals surface area (Å²) in [4.78, 5) is 19.3. The summed E-state index contributed by atoms with van der Waals surface area (Å²) >= 11 is 1.52. The first-order chi connectivity index (χ1) is 11.6. The summed E-state index contributed by atoms with van der Waals surface area (Å²) in [6, 6.07) is 4.24. The Balaban J connectivity index is 1.56. The number of nitrogens with zero attached hydrogens (tertiary/aromatic N) is 4. The van der Waals surface area contributed by atoms with Gasteiger partial charge >= 0.3 is 0 Å². The fourth-order valence-corrected chi connectivity index (χ4v) is 4.09. The standard InChI is InChI=1S/C17H18N4O2S/c1-11-7-12(2)21-15(3-5-18-21)20(11)16(22)8-14-10-24-17(19-14)13-4-6-23-9-13/h3-6,9-12H,7-8H2,1-2H3/t11-,12-/m0/s1. The first-order valence-electron chi connectivity index (χ1n) is 7.96. The van der Waals surface area contributed by atoms with E-state index < -0.39 is 0 Å². The zero-order valence-electron chi connectivity index (χ0n) is 13.5. The van der Waals surface area contributed by atoms with Crippen LogP contribution in [0.5, 0.6) is 0 Å². The van der Waals surface area contributed by atoms with Crippen LogP contribution in [-0.4, -0.2) is 26.7 Å². The van der Waals surface area contributed by atoms with Gasteiger partial charge in [0.15, 0.2) is 0 Å². The number of fused-ring (bicyclic) bond motifs is 1. The summed E-state index contributed by atoms with van der Waals surface area (Å²) in [5.74, 6) is 0.928. The topological polar surface area (TPSA) is 64.2 Å². The summed E-state index contributed by atoms with van der Waals surface area (Å²) in [5, 5.41) is 7.16. The molecule has 3 aromatic heterocycles. The van der Waals surface area contributed by atoms with E-state index in [1.807, 2.05) is 27.1 Å². The lowest BCUT2D eigenvalue weighted by atomic mass is 10.0. The van der Waals surface area contributed by atoms with Crippen LogP contribution in [0.2, 0.25) is 0 Å². The van der Waals surface area contributed by atoms with Gasteiger partial charge in [0.05, 0.1) is 30.6 Å². The molecule has 0 radical (unpaired) electrons. The second-order valence-electron chi connectivity index (χ2n) is 6.16. The normalized spacial score (nSPS) is 20.2. The lowest BCUT2D eigenvalue weighted by Gasteiger charge is -2.36. The minimum absolute atomic E-state index is 0.0557. The maximum absolute atomic E-state index is 12.9. The Bertz CT molecular complexity index is 852. The van der Waals surface area contributed by atoms with Crippen molar-refractivity contribution in [1.82, 2.24) is 14.8 Å². The van der Waals surface area contributed by atoms with Gasteiger partial charge in [-0.2, -0.15) is 5.10 Å². The van der Waals surface area contributed by atoms with Crippen molar-refractivity contribution in [3.05, 3.63) is 41.9 Å².